The lowest BCUT2D eigenvalue weighted by molar-refractivity contribution is 0.658. The summed E-state index contributed by atoms with van der Waals surface area (Å²) in [6.45, 7) is 8.47. The van der Waals surface area contributed by atoms with E-state index in [0.29, 0.717) is 0 Å². The Balaban J connectivity index is 2.87. The topological polar surface area (TPSA) is 43.8 Å². The first-order chi connectivity index (χ1) is 5.11. The van der Waals surface area contributed by atoms with Crippen molar-refractivity contribution in [2.75, 3.05) is 5.73 Å². The molecule has 1 heterocycles. The summed E-state index contributed by atoms with van der Waals surface area (Å²) in [4.78, 5) is 0. The molecule has 0 bridgehead atoms. The summed E-state index contributed by atoms with van der Waals surface area (Å²) < 4.78 is 1.84. The molecule has 0 aromatic carbocycles. The lowest BCUT2D eigenvalue weighted by Crippen LogP contribution is -2.03. The highest BCUT2D eigenvalue weighted by Crippen LogP contribution is 2.09. The van der Waals surface area contributed by atoms with Crippen molar-refractivity contribution in [1.82, 2.24) is 9.78 Å². The molecule has 0 spiro atoms. The van der Waals surface area contributed by atoms with Gasteiger partial charge < -0.3 is 5.73 Å². The minimum atomic E-state index is 0.742. The Morgan fingerprint density at radius 1 is 1.82 bits per heavy atom. The molecule has 3 heteroatoms. The van der Waals surface area contributed by atoms with Crippen LogP contribution in [-0.4, -0.2) is 9.78 Å². The van der Waals surface area contributed by atoms with E-state index in [4.69, 9.17) is 5.73 Å². The van der Waals surface area contributed by atoms with Gasteiger partial charge in [0.25, 0.3) is 0 Å². The largest absolute Gasteiger partial charge is 0.396 e. The number of hydrogen-bond donors (Lipinski definition) is 1. The molecule has 60 valence electrons. The van der Waals surface area contributed by atoms with E-state index in [1.807, 2.05) is 18.5 Å². The van der Waals surface area contributed by atoms with E-state index in [2.05, 4.69) is 11.7 Å². The van der Waals surface area contributed by atoms with Crippen LogP contribution in [0.1, 0.15) is 12.6 Å². The fourth-order valence-corrected chi connectivity index (χ4v) is 0.876. The molecule has 1 aromatic rings. The molecule has 0 saturated carbocycles. The third kappa shape index (κ3) is 1.61. The Morgan fingerprint density at radius 3 is 2.82 bits per heavy atom. The summed E-state index contributed by atoms with van der Waals surface area (Å²) in [5.41, 5.74) is 8.43. The molecule has 0 radical (unpaired) electrons. The van der Waals surface area contributed by atoms with E-state index in [-0.39, 0.29) is 0 Å². The van der Waals surface area contributed by atoms with E-state index < -0.39 is 0 Å². The minimum Gasteiger partial charge on any atom is -0.396 e. The second kappa shape index (κ2) is 2.78. The Bertz CT molecular complexity index is 273. The highest BCUT2D eigenvalue weighted by atomic mass is 15.3. The Hall–Kier alpha value is -1.25. The second-order valence-electron chi connectivity index (χ2n) is 2.80. The predicted molar refractivity (Wildman–Crippen MR) is 46.2 cm³/mol. The van der Waals surface area contributed by atoms with Gasteiger partial charge >= 0.3 is 0 Å². The highest BCUT2D eigenvalue weighted by Gasteiger charge is 2.01. The van der Waals surface area contributed by atoms with Gasteiger partial charge in [0.15, 0.2) is 0 Å². The van der Waals surface area contributed by atoms with Gasteiger partial charge in [0.05, 0.1) is 24.1 Å². The summed E-state index contributed by atoms with van der Waals surface area (Å²) in [6, 6.07) is 0. The number of hydrogen-bond acceptors (Lipinski definition) is 2. The molecule has 11 heavy (non-hydrogen) atoms. The van der Waals surface area contributed by atoms with Gasteiger partial charge in [-0.05, 0) is 13.8 Å². The van der Waals surface area contributed by atoms with Gasteiger partial charge in [-0.15, -0.1) is 0 Å². The number of allylic oxidation sites excluding steroid dienone is 1. The fraction of sp³-hybridized carbons (Fsp3) is 0.375. The molecule has 1 rings (SSSR count). The van der Waals surface area contributed by atoms with Crippen molar-refractivity contribution in [1.29, 1.82) is 0 Å². The molecule has 0 fully saturated rings. The van der Waals surface area contributed by atoms with Crippen LogP contribution in [0.25, 0.3) is 0 Å². The summed E-state index contributed by atoms with van der Waals surface area (Å²) >= 11 is 0. The van der Waals surface area contributed by atoms with Crippen LogP contribution in [0, 0.1) is 6.92 Å². The van der Waals surface area contributed by atoms with Crippen LogP contribution >= 0.6 is 0 Å². The summed E-state index contributed by atoms with van der Waals surface area (Å²) in [7, 11) is 0. The molecule has 3 nitrogen and oxygen atoms in total. The van der Waals surface area contributed by atoms with Gasteiger partial charge in [0.1, 0.15) is 0 Å². The van der Waals surface area contributed by atoms with Crippen LogP contribution in [0.2, 0.25) is 0 Å². The lowest BCUT2D eigenvalue weighted by atomic mass is 10.3. The normalized spacial score (nSPS) is 10.0. The minimum absolute atomic E-state index is 0.742. The maximum absolute atomic E-state index is 5.60. The van der Waals surface area contributed by atoms with Gasteiger partial charge in [-0.2, -0.15) is 5.10 Å². The van der Waals surface area contributed by atoms with Crippen LogP contribution in [0.15, 0.2) is 18.3 Å². The summed E-state index contributed by atoms with van der Waals surface area (Å²) in [6.07, 6.45) is 1.66. The van der Waals surface area contributed by atoms with E-state index in [1.165, 1.54) is 0 Å². The number of nitrogens with zero attached hydrogens (tertiary/aromatic N) is 2. The molecular formula is C8H13N3. The van der Waals surface area contributed by atoms with Crippen molar-refractivity contribution in [2.24, 2.45) is 0 Å². The Labute approximate surface area is 66.5 Å². The first-order valence-corrected chi connectivity index (χ1v) is 3.53. The molecule has 0 aliphatic rings. The van der Waals surface area contributed by atoms with Crippen molar-refractivity contribution in [3.63, 3.8) is 0 Å². The molecule has 0 unspecified atom stereocenters. The molecule has 2 N–H and O–H groups in total. The van der Waals surface area contributed by atoms with Crippen molar-refractivity contribution < 1.29 is 0 Å². The van der Waals surface area contributed by atoms with Gasteiger partial charge in [-0.25, -0.2) is 0 Å². The predicted octanol–water partition coefficient (Wildman–Crippen LogP) is 1.35. The average Bonchev–Trinajstić information content (AvgIpc) is 2.18. The number of rotatable bonds is 2. The van der Waals surface area contributed by atoms with E-state index >= 15 is 0 Å². The van der Waals surface area contributed by atoms with Crippen molar-refractivity contribution in [2.45, 2.75) is 20.4 Å². The third-order valence-electron chi connectivity index (χ3n) is 1.56. The quantitative estimate of drug-likeness (QED) is 0.648. The maximum atomic E-state index is 5.60. The lowest BCUT2D eigenvalue weighted by Gasteiger charge is -2.02. The molecular weight excluding hydrogens is 138 g/mol. The zero-order valence-corrected chi connectivity index (χ0v) is 6.96. The second-order valence-corrected chi connectivity index (χ2v) is 2.80. The van der Waals surface area contributed by atoms with Crippen LogP contribution in [0.4, 0.5) is 5.69 Å². The van der Waals surface area contributed by atoms with E-state index in [0.717, 1.165) is 23.5 Å². The molecule has 0 saturated heterocycles. The molecule has 0 aliphatic heterocycles. The van der Waals surface area contributed by atoms with Crippen LogP contribution in [0.3, 0.4) is 0 Å². The van der Waals surface area contributed by atoms with Crippen LogP contribution in [-0.2, 0) is 6.54 Å². The molecule has 1 aromatic heterocycles. The van der Waals surface area contributed by atoms with Gasteiger partial charge in [-0.3, -0.25) is 4.68 Å². The number of nitrogens with two attached hydrogens (primary N) is 1. The molecule has 0 aliphatic carbocycles. The van der Waals surface area contributed by atoms with Crippen LogP contribution < -0.4 is 5.73 Å². The zero-order valence-electron chi connectivity index (χ0n) is 6.96. The van der Waals surface area contributed by atoms with Gasteiger partial charge in [-0.1, -0.05) is 12.2 Å². The van der Waals surface area contributed by atoms with Crippen molar-refractivity contribution in [3.05, 3.63) is 24.0 Å². The molecule has 0 atom stereocenters. The monoisotopic (exact) mass is 151 g/mol. The number of aromatic nitrogens is 2. The maximum Gasteiger partial charge on any atom is 0.0730 e. The first-order valence-electron chi connectivity index (χ1n) is 3.53. The Morgan fingerprint density at radius 2 is 2.45 bits per heavy atom. The Kier molecular flexibility index (Phi) is 1.98. The molecule has 0 amide bonds. The summed E-state index contributed by atoms with van der Waals surface area (Å²) in [5, 5.41) is 4.09. The smallest absolute Gasteiger partial charge is 0.0730 e. The first kappa shape index (κ1) is 7.85. The SMILES string of the molecule is C=C(C)Cn1ncc(N)c1C. The zero-order chi connectivity index (χ0) is 8.43. The average molecular weight is 151 g/mol. The number of anilines is 1. The standard InChI is InChI=1S/C8H13N3/c1-6(2)5-11-7(3)8(9)4-10-11/h4H,1,5,9H2,2-3H3. The van der Waals surface area contributed by atoms with E-state index in [1.54, 1.807) is 6.20 Å². The summed E-state index contributed by atoms with van der Waals surface area (Å²) in [5.74, 6) is 0. The van der Waals surface area contributed by atoms with E-state index in [9.17, 15) is 0 Å². The third-order valence-corrected chi connectivity index (χ3v) is 1.56. The van der Waals surface area contributed by atoms with Crippen LogP contribution in [0.5, 0.6) is 0 Å². The van der Waals surface area contributed by atoms with Gasteiger partial charge in [0.2, 0.25) is 0 Å². The highest BCUT2D eigenvalue weighted by molar-refractivity contribution is 5.39. The van der Waals surface area contributed by atoms with Gasteiger partial charge in [0, 0.05) is 0 Å². The van der Waals surface area contributed by atoms with Crippen molar-refractivity contribution in [3.8, 4) is 0 Å². The fourth-order valence-electron chi connectivity index (χ4n) is 0.876. The van der Waals surface area contributed by atoms with Crippen molar-refractivity contribution >= 4 is 5.69 Å². The number of nitrogen functional groups attached to an aromatic ring is 1.